The molecule has 5 aromatic rings. The molecule has 3 heterocycles. The quantitative estimate of drug-likeness (QED) is 0.0747. The number of alkyl carbamates (subject to hydrolysis) is 2. The lowest BCUT2D eigenvalue weighted by atomic mass is 9.98. The third-order valence-electron chi connectivity index (χ3n) is 13.1. The van der Waals surface area contributed by atoms with Gasteiger partial charge in [-0.1, -0.05) is 51.1 Å². The first kappa shape index (κ1) is 44.3. The van der Waals surface area contributed by atoms with Crippen molar-refractivity contribution in [3.8, 4) is 33.5 Å². The third kappa shape index (κ3) is 8.05. The topological polar surface area (TPSA) is 201 Å². The lowest BCUT2D eigenvalue weighted by molar-refractivity contribution is -0.136. The van der Waals surface area contributed by atoms with E-state index >= 15 is 8.78 Å². The summed E-state index contributed by atoms with van der Waals surface area (Å²) in [6.45, 7) is 8.61. The molecule has 2 fully saturated rings. The summed E-state index contributed by atoms with van der Waals surface area (Å²) in [6, 6.07) is 13.2. The fraction of sp³-hybridized carbons (Fsp3) is 0.447. The van der Waals surface area contributed by atoms with E-state index in [4.69, 9.17) is 20.2 Å². The van der Waals surface area contributed by atoms with Crippen molar-refractivity contribution >= 4 is 35.0 Å². The van der Waals surface area contributed by atoms with Gasteiger partial charge in [0.1, 0.15) is 23.7 Å². The average molecular weight is 880 g/mol. The predicted octanol–water partition coefficient (Wildman–Crippen LogP) is 7.55. The maximum Gasteiger partial charge on any atom is 0.407 e. The Balaban J connectivity index is 1.03. The fourth-order valence-electron chi connectivity index (χ4n) is 9.46. The van der Waals surface area contributed by atoms with Gasteiger partial charge in [-0.2, -0.15) is 8.78 Å². The number of H-pyrrole nitrogens is 2. The number of carbonyl (C=O) groups is 4. The predicted molar refractivity (Wildman–Crippen MR) is 236 cm³/mol. The summed E-state index contributed by atoms with van der Waals surface area (Å²) in [5, 5.41) is 5.29. The first-order valence-electron chi connectivity index (χ1n) is 21.9. The Morgan fingerprint density at radius 3 is 2.19 bits per heavy atom. The van der Waals surface area contributed by atoms with E-state index in [-0.39, 0.29) is 53.3 Å². The largest absolute Gasteiger partial charge is 0.453 e. The number of alkyl halides is 2. The average Bonchev–Trinajstić information content (AvgIpc) is 3.61. The number of aromatic nitrogens is 4. The number of imidazole rings is 2. The number of likely N-dealkylation sites (N-methyl/N-ethyl adjacent to an activating group) is 1. The van der Waals surface area contributed by atoms with Gasteiger partial charge in [-0.3, -0.25) is 9.59 Å². The summed E-state index contributed by atoms with van der Waals surface area (Å²) in [5.41, 5.74) is 10.2. The van der Waals surface area contributed by atoms with Gasteiger partial charge >= 0.3 is 12.2 Å². The number of hydrogen-bond donors (Lipinski definition) is 5. The molecular formula is C47H55F2N9O6. The number of benzene rings is 3. The second-order valence-corrected chi connectivity index (χ2v) is 17.5. The Morgan fingerprint density at radius 1 is 0.922 bits per heavy atom. The van der Waals surface area contributed by atoms with Crippen molar-refractivity contribution in [2.75, 3.05) is 33.9 Å². The number of rotatable bonds is 14. The summed E-state index contributed by atoms with van der Waals surface area (Å²) < 4.78 is 42.8. The molecule has 3 aromatic carbocycles. The Hall–Kier alpha value is -6.36. The summed E-state index contributed by atoms with van der Waals surface area (Å²) in [5.74, 6) is -2.88. The number of nitrogens with zero attached hydrogens (tertiary/aromatic N) is 4. The second-order valence-electron chi connectivity index (χ2n) is 17.5. The monoisotopic (exact) mass is 879 g/mol. The Labute approximate surface area is 369 Å². The summed E-state index contributed by atoms with van der Waals surface area (Å²) in [6.07, 6.45) is 3.69. The van der Waals surface area contributed by atoms with Crippen LogP contribution in [0.4, 0.5) is 18.4 Å². The van der Waals surface area contributed by atoms with Crippen molar-refractivity contribution in [2.24, 2.45) is 17.1 Å². The maximum atomic E-state index is 16.6. The fourth-order valence-corrected chi connectivity index (χ4v) is 9.46. The Morgan fingerprint density at radius 2 is 1.56 bits per heavy atom. The molecule has 8 rings (SSSR count). The molecule has 17 heteroatoms. The summed E-state index contributed by atoms with van der Waals surface area (Å²) in [4.78, 5) is 71.5. The number of ether oxygens (including phenoxy) is 2. The minimum absolute atomic E-state index is 0.00523. The highest BCUT2D eigenvalue weighted by Crippen LogP contribution is 2.58. The van der Waals surface area contributed by atoms with E-state index in [1.54, 1.807) is 40.3 Å². The number of nitrogens with one attached hydrogen (secondary N) is 4. The van der Waals surface area contributed by atoms with Gasteiger partial charge in [0, 0.05) is 29.8 Å². The zero-order valence-electron chi connectivity index (χ0n) is 36.9. The highest BCUT2D eigenvalue weighted by atomic mass is 19.3. The smallest absolute Gasteiger partial charge is 0.407 e. The standard InChI is InChI=1S/C47H55F2N9O6/c1-7-37(57(8-2)42(59)34(15-18-50)55-44(61)63-5)41-52-33-14-11-27(21-35(33)53-41)26-9-12-29-30-13-10-28(20-32(30)47(48,49)31(29)19-26)36-23-51-40(54-36)38-22-46(16-17-46)24-58(38)43(60)39(25(3)4)56-45(62)64-6/h9-14,19-21,23,25,34,37-39H,7-8,15-18,22,24,50H2,1-6H3,(H,51,54)(H,52,53)(H,55,61)(H,56,62)/t34-,37-,38?,39-/m0/s1. The van der Waals surface area contributed by atoms with E-state index < -0.39 is 36.2 Å². The minimum Gasteiger partial charge on any atom is -0.453 e. The van der Waals surface area contributed by atoms with Crippen molar-refractivity contribution < 1.29 is 37.4 Å². The number of carbonyl (C=O) groups excluding carboxylic acids is 4. The highest BCUT2D eigenvalue weighted by Gasteiger charge is 2.55. The molecule has 1 saturated heterocycles. The van der Waals surface area contributed by atoms with Gasteiger partial charge in [0.05, 0.1) is 49.2 Å². The van der Waals surface area contributed by atoms with E-state index in [2.05, 4.69) is 25.6 Å². The Bertz CT molecular complexity index is 2600. The molecule has 2 aromatic heterocycles. The zero-order chi connectivity index (χ0) is 45.7. The van der Waals surface area contributed by atoms with Crippen LogP contribution < -0.4 is 16.4 Å². The summed E-state index contributed by atoms with van der Waals surface area (Å²) in [7, 11) is 2.49. The van der Waals surface area contributed by atoms with E-state index in [0.29, 0.717) is 82.1 Å². The molecule has 1 aliphatic heterocycles. The number of aromatic amines is 2. The normalized spacial score (nSPS) is 18.0. The molecule has 3 aliphatic rings. The number of fused-ring (bicyclic) bond motifs is 4. The van der Waals surface area contributed by atoms with Crippen LogP contribution >= 0.6 is 0 Å². The van der Waals surface area contributed by atoms with Gasteiger partial charge < -0.3 is 45.6 Å². The molecule has 4 amide bonds. The molecular weight excluding hydrogens is 825 g/mol. The molecule has 6 N–H and O–H groups in total. The molecule has 64 heavy (non-hydrogen) atoms. The number of nitrogens with two attached hydrogens (primary N) is 1. The van der Waals surface area contributed by atoms with Crippen LogP contribution in [-0.2, 0) is 25.0 Å². The van der Waals surface area contributed by atoms with Gasteiger partial charge in [-0.05, 0) is 103 Å². The second kappa shape index (κ2) is 17.3. The molecule has 4 atom stereocenters. The van der Waals surface area contributed by atoms with Crippen molar-refractivity contribution in [1.29, 1.82) is 0 Å². The van der Waals surface area contributed by atoms with Gasteiger partial charge in [-0.15, -0.1) is 0 Å². The number of amides is 4. The number of methoxy groups -OCH3 is 2. The van der Waals surface area contributed by atoms with E-state index in [1.807, 2.05) is 52.0 Å². The van der Waals surface area contributed by atoms with Crippen LogP contribution in [0.5, 0.6) is 0 Å². The van der Waals surface area contributed by atoms with Crippen LogP contribution in [-0.4, -0.2) is 99.7 Å². The van der Waals surface area contributed by atoms with Crippen LogP contribution in [0.2, 0.25) is 0 Å². The van der Waals surface area contributed by atoms with Gasteiger partial charge in [-0.25, -0.2) is 19.6 Å². The molecule has 0 radical (unpaired) electrons. The van der Waals surface area contributed by atoms with Gasteiger partial charge in [0.15, 0.2) is 0 Å². The lowest BCUT2D eigenvalue weighted by Gasteiger charge is -2.32. The Kier molecular flexibility index (Phi) is 12.0. The van der Waals surface area contributed by atoms with Crippen LogP contribution in [0.25, 0.3) is 44.5 Å². The van der Waals surface area contributed by atoms with E-state index in [1.165, 1.54) is 20.3 Å². The van der Waals surface area contributed by atoms with E-state index in [0.717, 1.165) is 12.8 Å². The van der Waals surface area contributed by atoms with Crippen LogP contribution in [0.3, 0.4) is 0 Å². The van der Waals surface area contributed by atoms with Crippen molar-refractivity contribution in [2.45, 2.75) is 89.9 Å². The third-order valence-corrected chi connectivity index (χ3v) is 13.1. The SMILES string of the molecule is CC[C@@H](c1nc2ccc(-c3ccc4c(c3)C(F)(F)c3cc(-c5cnc(C6CC7(CC7)CN6C(=O)[C@@H](NC(=O)OC)C(C)C)[nH]5)ccc3-4)cc2[nH]1)N(CC)C(=O)[C@H](CCN)NC(=O)OC. The molecule has 1 spiro atoms. The van der Waals surface area contributed by atoms with Crippen molar-refractivity contribution in [3.05, 3.63) is 83.6 Å². The highest BCUT2D eigenvalue weighted by molar-refractivity contribution is 5.89. The number of likely N-dealkylation sites (tertiary alicyclic amines) is 1. The van der Waals surface area contributed by atoms with Crippen LogP contribution in [0, 0.1) is 11.3 Å². The summed E-state index contributed by atoms with van der Waals surface area (Å²) >= 11 is 0. The minimum atomic E-state index is -3.30. The molecule has 1 unspecified atom stereocenters. The van der Waals surface area contributed by atoms with Crippen molar-refractivity contribution in [1.82, 2.24) is 40.4 Å². The zero-order valence-corrected chi connectivity index (χ0v) is 36.9. The first-order chi connectivity index (χ1) is 30.6. The van der Waals surface area contributed by atoms with Gasteiger partial charge in [0.25, 0.3) is 5.92 Å². The lowest BCUT2D eigenvalue weighted by Crippen LogP contribution is -2.51. The first-order valence-corrected chi connectivity index (χ1v) is 21.9. The van der Waals surface area contributed by atoms with Crippen LogP contribution in [0.1, 0.15) is 94.7 Å². The molecule has 0 bridgehead atoms. The maximum absolute atomic E-state index is 16.6. The number of hydrogen-bond acceptors (Lipinski definition) is 9. The molecule has 15 nitrogen and oxygen atoms in total. The van der Waals surface area contributed by atoms with Crippen LogP contribution in [0.15, 0.2) is 60.8 Å². The number of halogens is 2. The molecule has 2 aliphatic carbocycles. The van der Waals surface area contributed by atoms with E-state index in [9.17, 15) is 19.2 Å². The van der Waals surface area contributed by atoms with Gasteiger partial charge in [0.2, 0.25) is 11.8 Å². The molecule has 338 valence electrons. The molecule has 1 saturated carbocycles. The van der Waals surface area contributed by atoms with Crippen molar-refractivity contribution in [3.63, 3.8) is 0 Å².